The van der Waals surface area contributed by atoms with Gasteiger partial charge in [0.25, 0.3) is 0 Å². The van der Waals surface area contributed by atoms with Crippen LogP contribution in [-0.4, -0.2) is 4.98 Å². The van der Waals surface area contributed by atoms with Crippen molar-refractivity contribution in [3.63, 3.8) is 0 Å². The van der Waals surface area contributed by atoms with Gasteiger partial charge < -0.3 is 5.73 Å². The summed E-state index contributed by atoms with van der Waals surface area (Å²) in [6, 6.07) is 5.77. The minimum atomic E-state index is -0.470. The Balaban J connectivity index is 2.22. The zero-order valence-electron chi connectivity index (χ0n) is 9.41. The smallest absolute Gasteiger partial charge is 0.129 e. The van der Waals surface area contributed by atoms with Crippen LogP contribution in [0.3, 0.4) is 0 Å². The summed E-state index contributed by atoms with van der Waals surface area (Å²) < 4.78 is 13.7. The lowest BCUT2D eigenvalue weighted by atomic mass is 10.00. The van der Waals surface area contributed by atoms with Gasteiger partial charge in [-0.3, -0.25) is 4.98 Å². The molecule has 0 radical (unpaired) electrons. The van der Waals surface area contributed by atoms with E-state index >= 15 is 0 Å². The van der Waals surface area contributed by atoms with Gasteiger partial charge in [0, 0.05) is 29.0 Å². The molecule has 1 unspecified atom stereocenters. The van der Waals surface area contributed by atoms with E-state index < -0.39 is 11.9 Å². The highest BCUT2D eigenvalue weighted by molar-refractivity contribution is 6.31. The molecule has 94 valence electrons. The second-order valence-electron chi connectivity index (χ2n) is 3.94. The molecule has 0 aliphatic carbocycles. The number of nitrogens with two attached hydrogens (primary N) is 1. The van der Waals surface area contributed by atoms with Crippen LogP contribution < -0.4 is 5.73 Å². The summed E-state index contributed by atoms with van der Waals surface area (Å²) in [4.78, 5) is 3.89. The number of aromatic nitrogens is 1. The van der Waals surface area contributed by atoms with Gasteiger partial charge in [0.2, 0.25) is 0 Å². The molecule has 0 amide bonds. The molecule has 0 aliphatic rings. The Morgan fingerprint density at radius 3 is 2.72 bits per heavy atom. The maximum atomic E-state index is 13.7. The second-order valence-corrected chi connectivity index (χ2v) is 4.79. The van der Waals surface area contributed by atoms with E-state index in [1.807, 2.05) is 0 Å². The van der Waals surface area contributed by atoms with Gasteiger partial charge in [0.15, 0.2) is 0 Å². The highest BCUT2D eigenvalue weighted by atomic mass is 35.5. The summed E-state index contributed by atoms with van der Waals surface area (Å²) >= 11 is 11.7. The number of hydrogen-bond acceptors (Lipinski definition) is 2. The Kier molecular flexibility index (Phi) is 4.17. The zero-order chi connectivity index (χ0) is 13.1. The molecule has 1 aromatic carbocycles. The quantitative estimate of drug-likeness (QED) is 0.932. The number of pyridine rings is 1. The molecule has 1 heterocycles. The monoisotopic (exact) mass is 284 g/mol. The maximum absolute atomic E-state index is 13.7. The molecule has 1 atom stereocenters. The van der Waals surface area contributed by atoms with Crippen molar-refractivity contribution in [1.29, 1.82) is 0 Å². The molecule has 18 heavy (non-hydrogen) atoms. The Hall–Kier alpha value is -1.16. The fraction of sp³-hybridized carbons (Fsp3) is 0.154. The van der Waals surface area contributed by atoms with E-state index in [1.54, 1.807) is 30.6 Å². The lowest BCUT2D eigenvalue weighted by molar-refractivity contribution is 0.580. The fourth-order valence-corrected chi connectivity index (χ4v) is 2.07. The van der Waals surface area contributed by atoms with Crippen LogP contribution in [0.1, 0.15) is 17.2 Å². The van der Waals surface area contributed by atoms with E-state index in [4.69, 9.17) is 28.9 Å². The van der Waals surface area contributed by atoms with Crippen molar-refractivity contribution < 1.29 is 4.39 Å². The summed E-state index contributed by atoms with van der Waals surface area (Å²) in [7, 11) is 0. The van der Waals surface area contributed by atoms with Crippen LogP contribution in [0.4, 0.5) is 4.39 Å². The van der Waals surface area contributed by atoms with Gasteiger partial charge in [-0.25, -0.2) is 4.39 Å². The third-order valence-corrected chi connectivity index (χ3v) is 3.23. The van der Waals surface area contributed by atoms with Crippen LogP contribution in [0.5, 0.6) is 0 Å². The molecule has 0 saturated heterocycles. The van der Waals surface area contributed by atoms with Crippen molar-refractivity contribution >= 4 is 23.2 Å². The first-order valence-electron chi connectivity index (χ1n) is 5.37. The van der Waals surface area contributed by atoms with Gasteiger partial charge in [-0.1, -0.05) is 29.3 Å². The van der Waals surface area contributed by atoms with Crippen molar-refractivity contribution in [1.82, 2.24) is 4.98 Å². The fourth-order valence-electron chi connectivity index (χ4n) is 1.72. The van der Waals surface area contributed by atoms with Gasteiger partial charge in [-0.05, 0) is 30.2 Å². The third kappa shape index (κ3) is 2.99. The molecule has 1 aromatic heterocycles. The van der Waals surface area contributed by atoms with E-state index in [-0.39, 0.29) is 0 Å². The molecule has 0 bridgehead atoms. The topological polar surface area (TPSA) is 38.9 Å². The molecule has 2 N–H and O–H groups in total. The van der Waals surface area contributed by atoms with Gasteiger partial charge in [0.1, 0.15) is 5.82 Å². The van der Waals surface area contributed by atoms with Crippen LogP contribution in [-0.2, 0) is 6.42 Å². The lowest BCUT2D eigenvalue weighted by Crippen LogP contribution is -2.15. The van der Waals surface area contributed by atoms with Crippen molar-refractivity contribution in [2.75, 3.05) is 0 Å². The van der Waals surface area contributed by atoms with E-state index in [0.717, 1.165) is 5.56 Å². The molecule has 0 fully saturated rings. The lowest BCUT2D eigenvalue weighted by Gasteiger charge is -2.14. The Labute approximate surface area is 115 Å². The highest BCUT2D eigenvalue weighted by Gasteiger charge is 2.13. The first-order valence-corrected chi connectivity index (χ1v) is 6.12. The number of nitrogens with zero attached hydrogens (tertiary/aromatic N) is 1. The predicted octanol–water partition coefficient (Wildman–Crippen LogP) is 3.77. The minimum absolute atomic E-state index is 0.352. The summed E-state index contributed by atoms with van der Waals surface area (Å²) in [6.07, 6.45) is 3.62. The molecular formula is C13H11Cl2FN2. The summed E-state index contributed by atoms with van der Waals surface area (Å²) in [5, 5.41) is 0.882. The molecule has 2 nitrogen and oxygen atoms in total. The zero-order valence-corrected chi connectivity index (χ0v) is 10.9. The van der Waals surface area contributed by atoms with Crippen molar-refractivity contribution in [2.24, 2.45) is 5.73 Å². The predicted molar refractivity (Wildman–Crippen MR) is 71.3 cm³/mol. The van der Waals surface area contributed by atoms with Gasteiger partial charge in [0.05, 0.1) is 5.02 Å². The van der Waals surface area contributed by atoms with E-state index in [9.17, 15) is 4.39 Å². The maximum Gasteiger partial charge on any atom is 0.129 e. The van der Waals surface area contributed by atoms with Crippen LogP contribution in [0.2, 0.25) is 10.0 Å². The molecule has 2 rings (SSSR count). The van der Waals surface area contributed by atoms with Crippen LogP contribution in [0.25, 0.3) is 0 Å². The summed E-state index contributed by atoms with van der Waals surface area (Å²) in [5.41, 5.74) is 7.25. The van der Waals surface area contributed by atoms with E-state index in [0.29, 0.717) is 22.0 Å². The number of benzene rings is 1. The van der Waals surface area contributed by atoms with Gasteiger partial charge >= 0.3 is 0 Å². The first-order chi connectivity index (χ1) is 8.58. The minimum Gasteiger partial charge on any atom is -0.324 e. The standard InChI is InChI=1S/C13H11Cl2FN2/c14-9-1-2-10(12(16)6-9)13(17)5-8-3-4-18-7-11(8)15/h1-4,6-7,13H,5,17H2. The number of hydrogen-bond donors (Lipinski definition) is 1. The largest absolute Gasteiger partial charge is 0.324 e. The summed E-state index contributed by atoms with van der Waals surface area (Å²) in [6.45, 7) is 0. The van der Waals surface area contributed by atoms with Crippen LogP contribution in [0.15, 0.2) is 36.7 Å². The number of halogens is 3. The molecule has 5 heteroatoms. The molecule has 0 saturated carbocycles. The first kappa shape index (κ1) is 13.3. The molecular weight excluding hydrogens is 274 g/mol. The average Bonchev–Trinajstić information content (AvgIpc) is 2.32. The van der Waals surface area contributed by atoms with Crippen LogP contribution in [0, 0.1) is 5.82 Å². The second kappa shape index (κ2) is 5.65. The Bertz CT molecular complexity index is 560. The average molecular weight is 285 g/mol. The third-order valence-electron chi connectivity index (χ3n) is 2.66. The van der Waals surface area contributed by atoms with Crippen LogP contribution >= 0.6 is 23.2 Å². The molecule has 0 aliphatic heterocycles. The molecule has 0 spiro atoms. The highest BCUT2D eigenvalue weighted by Crippen LogP contribution is 2.24. The SMILES string of the molecule is NC(Cc1ccncc1Cl)c1ccc(Cl)cc1F. The van der Waals surface area contributed by atoms with E-state index in [2.05, 4.69) is 4.98 Å². The number of rotatable bonds is 3. The normalized spacial score (nSPS) is 12.4. The van der Waals surface area contributed by atoms with Crippen molar-refractivity contribution in [3.05, 3.63) is 63.6 Å². The van der Waals surface area contributed by atoms with Crippen molar-refractivity contribution in [2.45, 2.75) is 12.5 Å². The van der Waals surface area contributed by atoms with Gasteiger partial charge in [-0.2, -0.15) is 0 Å². The van der Waals surface area contributed by atoms with Crippen molar-refractivity contribution in [3.8, 4) is 0 Å². The Morgan fingerprint density at radius 2 is 2.06 bits per heavy atom. The van der Waals surface area contributed by atoms with E-state index in [1.165, 1.54) is 6.07 Å². The van der Waals surface area contributed by atoms with Gasteiger partial charge in [-0.15, -0.1) is 0 Å². The Morgan fingerprint density at radius 1 is 1.28 bits per heavy atom. The molecule has 2 aromatic rings. The summed E-state index contributed by atoms with van der Waals surface area (Å²) in [5.74, 6) is -0.403.